The smallest absolute Gasteiger partial charge is 0.263 e. The van der Waals surface area contributed by atoms with E-state index in [2.05, 4.69) is 19.9 Å². The van der Waals surface area contributed by atoms with Crippen molar-refractivity contribution in [3.8, 4) is 0 Å². The van der Waals surface area contributed by atoms with Crippen LogP contribution >= 0.6 is 0 Å². The van der Waals surface area contributed by atoms with E-state index in [1.165, 1.54) is 12.0 Å². The van der Waals surface area contributed by atoms with E-state index in [0.717, 1.165) is 50.0 Å². The van der Waals surface area contributed by atoms with E-state index in [9.17, 15) is 8.42 Å². The molecule has 1 aromatic carbocycles. The Morgan fingerprint density at radius 1 is 1.07 bits per heavy atom. The van der Waals surface area contributed by atoms with Crippen molar-refractivity contribution in [2.24, 2.45) is 0 Å². The van der Waals surface area contributed by atoms with Gasteiger partial charge in [-0.05, 0) is 88.1 Å². The lowest BCUT2D eigenvalue weighted by molar-refractivity contribution is 0.405. The first-order chi connectivity index (χ1) is 12.9. The van der Waals surface area contributed by atoms with Gasteiger partial charge in [0.25, 0.3) is 10.0 Å². The molecule has 0 spiro atoms. The van der Waals surface area contributed by atoms with Gasteiger partial charge in [-0.3, -0.25) is 4.72 Å². The second-order valence-corrected chi connectivity index (χ2v) is 8.94. The minimum atomic E-state index is -3.63. The van der Waals surface area contributed by atoms with E-state index in [0.29, 0.717) is 10.7 Å². The largest absolute Gasteiger partial charge is 0.384 e. The fraction of sp³-hybridized carbons (Fsp3) is 0.450. The average molecular weight is 389 g/mol. The van der Waals surface area contributed by atoms with Crippen molar-refractivity contribution in [1.29, 1.82) is 0 Å². The molecule has 0 bridgehead atoms. The second kappa shape index (κ2) is 8.71. The van der Waals surface area contributed by atoms with Gasteiger partial charge in [0.1, 0.15) is 5.82 Å². The Labute approximate surface area is 162 Å². The lowest BCUT2D eigenvalue weighted by Crippen LogP contribution is -2.16. The van der Waals surface area contributed by atoms with Crippen molar-refractivity contribution < 1.29 is 8.42 Å². The summed E-state index contributed by atoms with van der Waals surface area (Å²) in [5.41, 5.74) is 3.29. The van der Waals surface area contributed by atoms with Gasteiger partial charge in [0.15, 0.2) is 0 Å². The first-order valence-electron chi connectivity index (χ1n) is 9.43. The topological polar surface area (TPSA) is 74.3 Å². The van der Waals surface area contributed by atoms with E-state index in [1.807, 2.05) is 26.2 Å². The van der Waals surface area contributed by atoms with Crippen LogP contribution in [-0.2, 0) is 22.9 Å². The number of aromatic nitrogens is 1. The number of rotatable bonds is 8. The predicted octanol–water partition coefficient (Wildman–Crippen LogP) is 3.12. The molecule has 0 saturated carbocycles. The molecule has 0 fully saturated rings. The third kappa shape index (κ3) is 5.43. The van der Waals surface area contributed by atoms with Gasteiger partial charge in [-0.1, -0.05) is 6.07 Å². The molecule has 1 aromatic heterocycles. The van der Waals surface area contributed by atoms with Crippen LogP contribution in [0.2, 0.25) is 0 Å². The van der Waals surface area contributed by atoms with Crippen molar-refractivity contribution in [2.45, 2.75) is 37.0 Å². The normalized spacial score (nSPS) is 14.0. The zero-order chi connectivity index (χ0) is 19.3. The zero-order valence-corrected chi connectivity index (χ0v) is 16.8. The monoisotopic (exact) mass is 388 g/mol. The second-order valence-electron chi connectivity index (χ2n) is 7.26. The highest BCUT2D eigenvalue weighted by Gasteiger charge is 2.18. The molecule has 0 aliphatic heterocycles. The van der Waals surface area contributed by atoms with Crippen LogP contribution in [-0.4, -0.2) is 45.5 Å². The zero-order valence-electron chi connectivity index (χ0n) is 16.0. The molecular formula is C20H28N4O2S. The summed E-state index contributed by atoms with van der Waals surface area (Å²) in [5, 5.41) is 3.29. The predicted molar refractivity (Wildman–Crippen MR) is 110 cm³/mol. The van der Waals surface area contributed by atoms with Gasteiger partial charge >= 0.3 is 0 Å². The molecule has 2 aromatic rings. The number of pyridine rings is 1. The number of hydrogen-bond acceptors (Lipinski definition) is 5. The number of anilines is 2. The minimum absolute atomic E-state index is 0.302. The van der Waals surface area contributed by atoms with E-state index in [-0.39, 0.29) is 0 Å². The number of nitrogens with zero attached hydrogens (tertiary/aromatic N) is 2. The molecular weight excluding hydrogens is 360 g/mol. The lowest BCUT2D eigenvalue weighted by atomic mass is 9.92. The third-order valence-corrected chi connectivity index (χ3v) is 6.10. The number of hydrogen-bond donors (Lipinski definition) is 2. The molecule has 3 rings (SSSR count). The van der Waals surface area contributed by atoms with Crippen molar-refractivity contribution in [3.05, 3.63) is 47.7 Å². The van der Waals surface area contributed by atoms with Crippen LogP contribution in [0.3, 0.4) is 0 Å². The fourth-order valence-corrected chi connectivity index (χ4v) is 4.32. The summed E-state index contributed by atoms with van der Waals surface area (Å²) >= 11 is 0. The third-order valence-electron chi connectivity index (χ3n) is 4.74. The lowest BCUT2D eigenvalue weighted by Gasteiger charge is -2.17. The van der Waals surface area contributed by atoms with Crippen LogP contribution < -0.4 is 10.0 Å². The summed E-state index contributed by atoms with van der Waals surface area (Å²) in [7, 11) is 0.465. The maximum atomic E-state index is 12.7. The molecule has 1 aliphatic carbocycles. The van der Waals surface area contributed by atoms with Crippen molar-refractivity contribution in [2.75, 3.05) is 37.2 Å². The van der Waals surface area contributed by atoms with Crippen LogP contribution in [0.15, 0.2) is 41.4 Å². The number of aryl methyl sites for hydroxylation is 2. The molecule has 0 amide bonds. The molecule has 146 valence electrons. The molecule has 2 N–H and O–H groups in total. The summed E-state index contributed by atoms with van der Waals surface area (Å²) in [4.78, 5) is 6.67. The van der Waals surface area contributed by atoms with Crippen LogP contribution in [0, 0.1) is 0 Å². The maximum Gasteiger partial charge on any atom is 0.263 e. The Hall–Kier alpha value is -2.12. The molecule has 0 radical (unpaired) electrons. The standard InChI is InChI=1S/C20H28N4O2S/c1-24(2)13-5-12-21-18-9-11-20(22-15-18)23-27(25,26)19-10-8-16-6-3-4-7-17(16)14-19/h8-11,14-15,21H,3-7,12-13H2,1-2H3,(H,22,23). The van der Waals surface area contributed by atoms with E-state index in [1.54, 1.807) is 24.4 Å². The Kier molecular flexibility index (Phi) is 6.34. The molecule has 27 heavy (non-hydrogen) atoms. The van der Waals surface area contributed by atoms with E-state index >= 15 is 0 Å². The molecule has 1 heterocycles. The molecule has 6 nitrogen and oxygen atoms in total. The SMILES string of the molecule is CN(C)CCCNc1ccc(NS(=O)(=O)c2ccc3c(c2)CCCC3)nc1. The average Bonchev–Trinajstić information content (AvgIpc) is 2.65. The highest BCUT2D eigenvalue weighted by molar-refractivity contribution is 7.92. The minimum Gasteiger partial charge on any atom is -0.384 e. The Morgan fingerprint density at radius 3 is 2.56 bits per heavy atom. The number of benzene rings is 1. The number of nitrogens with one attached hydrogen (secondary N) is 2. The summed E-state index contributed by atoms with van der Waals surface area (Å²) in [6.07, 6.45) is 6.96. The fourth-order valence-electron chi connectivity index (χ4n) is 3.26. The first-order valence-corrected chi connectivity index (χ1v) is 10.9. The quantitative estimate of drug-likeness (QED) is 0.680. The van der Waals surface area contributed by atoms with Crippen molar-refractivity contribution >= 4 is 21.5 Å². The Bertz CT molecular complexity index is 864. The van der Waals surface area contributed by atoms with Gasteiger partial charge in [0.2, 0.25) is 0 Å². The molecule has 0 atom stereocenters. The van der Waals surface area contributed by atoms with Crippen LogP contribution in [0.1, 0.15) is 30.4 Å². The molecule has 0 saturated heterocycles. The first kappa shape index (κ1) is 19.6. The summed E-state index contributed by atoms with van der Waals surface area (Å²) in [6.45, 7) is 1.86. The summed E-state index contributed by atoms with van der Waals surface area (Å²) in [5.74, 6) is 0.326. The molecule has 7 heteroatoms. The number of sulfonamides is 1. The van der Waals surface area contributed by atoms with Gasteiger partial charge in [-0.2, -0.15) is 0 Å². The van der Waals surface area contributed by atoms with Crippen LogP contribution in [0.25, 0.3) is 0 Å². The van der Waals surface area contributed by atoms with Gasteiger partial charge in [-0.15, -0.1) is 0 Å². The highest BCUT2D eigenvalue weighted by atomic mass is 32.2. The van der Waals surface area contributed by atoms with Gasteiger partial charge in [0.05, 0.1) is 16.8 Å². The molecule has 1 aliphatic rings. The van der Waals surface area contributed by atoms with E-state index in [4.69, 9.17) is 0 Å². The Morgan fingerprint density at radius 2 is 1.85 bits per heavy atom. The van der Waals surface area contributed by atoms with Crippen LogP contribution in [0.5, 0.6) is 0 Å². The highest BCUT2D eigenvalue weighted by Crippen LogP contribution is 2.25. The Balaban J connectivity index is 1.62. The van der Waals surface area contributed by atoms with Crippen molar-refractivity contribution in [1.82, 2.24) is 9.88 Å². The maximum absolute atomic E-state index is 12.7. The summed E-state index contributed by atoms with van der Waals surface area (Å²) in [6, 6.07) is 8.96. The van der Waals surface area contributed by atoms with E-state index < -0.39 is 10.0 Å². The van der Waals surface area contributed by atoms with Gasteiger partial charge < -0.3 is 10.2 Å². The molecule has 0 unspecified atom stereocenters. The van der Waals surface area contributed by atoms with Gasteiger partial charge in [0, 0.05) is 6.54 Å². The van der Waals surface area contributed by atoms with Crippen molar-refractivity contribution in [3.63, 3.8) is 0 Å². The van der Waals surface area contributed by atoms with Crippen LogP contribution in [0.4, 0.5) is 11.5 Å². The number of fused-ring (bicyclic) bond motifs is 1. The van der Waals surface area contributed by atoms with Gasteiger partial charge in [-0.25, -0.2) is 13.4 Å². The summed E-state index contributed by atoms with van der Waals surface area (Å²) < 4.78 is 27.9.